The van der Waals surface area contributed by atoms with Crippen LogP contribution in [0, 0.1) is 0 Å². The van der Waals surface area contributed by atoms with E-state index in [0.717, 1.165) is 12.2 Å². The number of methoxy groups -OCH3 is 1. The van der Waals surface area contributed by atoms with Gasteiger partial charge in [0.1, 0.15) is 0 Å². The van der Waals surface area contributed by atoms with E-state index < -0.39 is 0 Å². The third-order valence-electron chi connectivity index (χ3n) is 4.31. The number of amides is 1. The average molecular weight is 346 g/mol. The highest BCUT2D eigenvalue weighted by molar-refractivity contribution is 5.92. The molecule has 9 heteroatoms. The van der Waals surface area contributed by atoms with Gasteiger partial charge < -0.3 is 14.8 Å². The molecular weight excluding hydrogens is 324 g/mol. The van der Waals surface area contributed by atoms with Crippen molar-refractivity contribution in [3.8, 4) is 5.88 Å². The number of aryl methyl sites for hydroxylation is 1. The van der Waals surface area contributed by atoms with Crippen LogP contribution in [0.4, 0.5) is 0 Å². The van der Waals surface area contributed by atoms with Gasteiger partial charge in [0.25, 0.3) is 5.91 Å². The van der Waals surface area contributed by atoms with Gasteiger partial charge in [-0.3, -0.25) is 14.4 Å². The van der Waals surface area contributed by atoms with E-state index in [2.05, 4.69) is 25.5 Å². The fourth-order valence-corrected chi connectivity index (χ4v) is 2.96. The van der Waals surface area contributed by atoms with Crippen LogP contribution in [0.2, 0.25) is 0 Å². The van der Waals surface area contributed by atoms with E-state index in [1.165, 1.54) is 7.11 Å². The van der Waals surface area contributed by atoms with Crippen LogP contribution in [0.3, 0.4) is 0 Å². The van der Waals surface area contributed by atoms with E-state index in [9.17, 15) is 4.79 Å². The van der Waals surface area contributed by atoms with Gasteiger partial charge in [-0.1, -0.05) is 0 Å². The third-order valence-corrected chi connectivity index (χ3v) is 4.31. The van der Waals surface area contributed by atoms with Crippen molar-refractivity contribution in [3.05, 3.63) is 35.8 Å². The molecule has 1 fully saturated rings. The van der Waals surface area contributed by atoms with E-state index in [1.54, 1.807) is 18.3 Å². The highest BCUT2D eigenvalue weighted by Crippen LogP contribution is 2.27. The lowest BCUT2D eigenvalue weighted by atomic mass is 10.0. The van der Waals surface area contributed by atoms with Gasteiger partial charge in [0, 0.05) is 32.4 Å². The molecule has 3 heterocycles. The lowest BCUT2D eigenvalue weighted by molar-refractivity contribution is -0.0629. The maximum absolute atomic E-state index is 12.3. The third kappa shape index (κ3) is 3.77. The molecule has 1 N–H and O–H groups in total. The average Bonchev–Trinajstić information content (AvgIpc) is 3.05. The van der Waals surface area contributed by atoms with Crippen LogP contribution in [-0.4, -0.2) is 70.7 Å². The summed E-state index contributed by atoms with van der Waals surface area (Å²) in [5, 5.41) is 14.8. The van der Waals surface area contributed by atoms with Crippen molar-refractivity contribution in [1.29, 1.82) is 0 Å². The van der Waals surface area contributed by atoms with E-state index >= 15 is 0 Å². The first-order chi connectivity index (χ1) is 12.1. The van der Waals surface area contributed by atoms with Crippen molar-refractivity contribution >= 4 is 5.91 Å². The first-order valence-electron chi connectivity index (χ1n) is 8.06. The van der Waals surface area contributed by atoms with Crippen LogP contribution in [-0.2, 0) is 11.8 Å². The molecule has 1 saturated heterocycles. The molecule has 2 aromatic rings. The number of morpholine rings is 1. The standard InChI is InChI=1S/C16H22N6O3/c1-21-8-9-25-13(15(21)12-6-7-18-22(12)2)10-17-16(23)11-4-5-14(24-3)20-19-11/h4-7,13,15H,8-10H2,1-3H3,(H,17,23)/t13-,15-/m0/s1. The van der Waals surface area contributed by atoms with Gasteiger partial charge in [-0.15, -0.1) is 10.2 Å². The predicted molar refractivity (Wildman–Crippen MR) is 89.2 cm³/mol. The number of nitrogens with one attached hydrogen (secondary N) is 1. The van der Waals surface area contributed by atoms with Crippen LogP contribution < -0.4 is 10.1 Å². The Kier molecular flexibility index (Phi) is 5.25. The summed E-state index contributed by atoms with van der Waals surface area (Å²) < 4.78 is 12.7. The van der Waals surface area contributed by atoms with Gasteiger partial charge in [-0.25, -0.2) is 0 Å². The first-order valence-corrected chi connectivity index (χ1v) is 8.06. The summed E-state index contributed by atoms with van der Waals surface area (Å²) in [6.45, 7) is 1.81. The molecule has 2 aromatic heterocycles. The second-order valence-corrected chi connectivity index (χ2v) is 5.89. The lowest BCUT2D eigenvalue weighted by Gasteiger charge is -2.39. The summed E-state index contributed by atoms with van der Waals surface area (Å²) in [6.07, 6.45) is 1.59. The number of carbonyl (C=O) groups is 1. The minimum Gasteiger partial charge on any atom is -0.480 e. The Bertz CT molecular complexity index is 717. The number of hydrogen-bond acceptors (Lipinski definition) is 7. The molecule has 0 radical (unpaired) electrons. The molecule has 1 amide bonds. The molecule has 134 valence electrons. The molecule has 1 aliphatic rings. The number of hydrogen-bond donors (Lipinski definition) is 1. The molecular formula is C16H22N6O3. The summed E-state index contributed by atoms with van der Waals surface area (Å²) in [6, 6.07) is 5.17. The molecule has 0 aliphatic carbocycles. The quantitative estimate of drug-likeness (QED) is 0.815. The highest BCUT2D eigenvalue weighted by Gasteiger charge is 2.33. The van der Waals surface area contributed by atoms with Crippen molar-refractivity contribution in [1.82, 2.24) is 30.2 Å². The van der Waals surface area contributed by atoms with Gasteiger partial charge in [0.2, 0.25) is 5.88 Å². The smallest absolute Gasteiger partial charge is 0.271 e. The van der Waals surface area contributed by atoms with Gasteiger partial charge in [0.15, 0.2) is 5.69 Å². The Morgan fingerprint density at radius 3 is 2.84 bits per heavy atom. The number of nitrogens with zero attached hydrogens (tertiary/aromatic N) is 5. The maximum Gasteiger partial charge on any atom is 0.271 e. The van der Waals surface area contributed by atoms with Crippen molar-refractivity contribution in [2.24, 2.45) is 7.05 Å². The molecule has 1 aliphatic heterocycles. The molecule has 0 aromatic carbocycles. The molecule has 9 nitrogen and oxygen atoms in total. The second kappa shape index (κ2) is 7.58. The van der Waals surface area contributed by atoms with E-state index in [0.29, 0.717) is 19.0 Å². The van der Waals surface area contributed by atoms with Crippen molar-refractivity contribution < 1.29 is 14.3 Å². The molecule has 0 spiro atoms. The highest BCUT2D eigenvalue weighted by atomic mass is 16.5. The minimum atomic E-state index is -0.296. The molecule has 3 rings (SSSR count). The Balaban J connectivity index is 1.67. The number of ether oxygens (including phenoxy) is 2. The number of carbonyl (C=O) groups excluding carboxylic acids is 1. The van der Waals surface area contributed by atoms with Crippen LogP contribution in [0.5, 0.6) is 5.88 Å². The van der Waals surface area contributed by atoms with Gasteiger partial charge >= 0.3 is 0 Å². The first kappa shape index (κ1) is 17.3. The second-order valence-electron chi connectivity index (χ2n) is 5.89. The fraction of sp³-hybridized carbons (Fsp3) is 0.500. The van der Waals surface area contributed by atoms with E-state index in [-0.39, 0.29) is 23.7 Å². The summed E-state index contributed by atoms with van der Waals surface area (Å²) in [5.41, 5.74) is 1.28. The van der Waals surface area contributed by atoms with Crippen LogP contribution in [0.25, 0.3) is 0 Å². The molecule has 0 unspecified atom stereocenters. The normalized spacial score (nSPS) is 21.1. The van der Waals surface area contributed by atoms with Gasteiger partial charge in [-0.2, -0.15) is 5.10 Å². The van der Waals surface area contributed by atoms with E-state index in [4.69, 9.17) is 9.47 Å². The number of rotatable bonds is 5. The topological polar surface area (TPSA) is 94.4 Å². The Labute approximate surface area is 145 Å². The van der Waals surface area contributed by atoms with Gasteiger partial charge in [-0.05, 0) is 19.2 Å². The van der Waals surface area contributed by atoms with Gasteiger partial charge in [0.05, 0.1) is 31.6 Å². The molecule has 25 heavy (non-hydrogen) atoms. The summed E-state index contributed by atoms with van der Waals surface area (Å²) in [4.78, 5) is 14.5. The largest absolute Gasteiger partial charge is 0.480 e. The zero-order valence-electron chi connectivity index (χ0n) is 14.5. The Hall–Kier alpha value is -2.52. The van der Waals surface area contributed by atoms with Crippen LogP contribution in [0.15, 0.2) is 24.4 Å². The summed E-state index contributed by atoms with van der Waals surface area (Å²) >= 11 is 0. The molecule has 0 bridgehead atoms. The molecule has 0 saturated carbocycles. The SMILES string of the molecule is COc1ccc(C(=O)NC[C@@H]2OCCN(C)[C@H]2c2ccnn2C)nn1. The van der Waals surface area contributed by atoms with Crippen LogP contribution >= 0.6 is 0 Å². The minimum absolute atomic E-state index is 0.0171. The fourth-order valence-electron chi connectivity index (χ4n) is 2.96. The van der Waals surface area contributed by atoms with Crippen molar-refractivity contribution in [2.45, 2.75) is 12.1 Å². The van der Waals surface area contributed by atoms with Crippen molar-refractivity contribution in [3.63, 3.8) is 0 Å². The van der Waals surface area contributed by atoms with E-state index in [1.807, 2.05) is 24.8 Å². The molecule has 2 atom stereocenters. The van der Waals surface area contributed by atoms with Crippen LogP contribution in [0.1, 0.15) is 22.2 Å². The monoisotopic (exact) mass is 346 g/mol. The van der Waals surface area contributed by atoms with Crippen molar-refractivity contribution in [2.75, 3.05) is 33.9 Å². The zero-order chi connectivity index (χ0) is 17.8. The maximum atomic E-state index is 12.3. The zero-order valence-corrected chi connectivity index (χ0v) is 14.5. The predicted octanol–water partition coefficient (Wildman–Crippen LogP) is 0.0204. The summed E-state index contributed by atoms with van der Waals surface area (Å²) in [5.74, 6) is 0.0702. The lowest BCUT2D eigenvalue weighted by Crippen LogP contribution is -2.49. The Morgan fingerprint density at radius 1 is 1.36 bits per heavy atom. The number of likely N-dealkylation sites (N-methyl/N-ethyl adjacent to an activating group) is 1. The Morgan fingerprint density at radius 2 is 2.20 bits per heavy atom. The summed E-state index contributed by atoms with van der Waals surface area (Å²) in [7, 11) is 5.45. The number of aromatic nitrogens is 4.